The molecule has 34 heavy (non-hydrogen) atoms. The highest BCUT2D eigenvalue weighted by Gasteiger charge is 2.35. The average molecular weight is 482 g/mol. The standard InChI is InChI=1S/C26H28FN3O3S/c1-26(2)13-22-24(19-6-4-16(27)12-21(19)30(22)23(31)14-26)15-3-5-18(25(28)32)20(11-15)29-17-7-9-34(33)10-8-17/h3-6,11-12,17,29H,7-10,13-14H2,1-2H3,(H2,28,32). The first-order chi connectivity index (χ1) is 16.1. The molecule has 5 rings (SSSR count). The zero-order valence-electron chi connectivity index (χ0n) is 19.3. The monoisotopic (exact) mass is 481 g/mol. The van der Waals surface area contributed by atoms with Crippen LogP contribution >= 0.6 is 0 Å². The summed E-state index contributed by atoms with van der Waals surface area (Å²) in [5.74, 6) is 0.289. The molecule has 2 aliphatic heterocycles. The maximum atomic E-state index is 14.2. The minimum atomic E-state index is -0.789. The van der Waals surface area contributed by atoms with Crippen LogP contribution in [0.4, 0.5) is 10.1 Å². The van der Waals surface area contributed by atoms with Gasteiger partial charge in [0.2, 0.25) is 5.91 Å². The lowest BCUT2D eigenvalue weighted by Gasteiger charge is -2.30. The van der Waals surface area contributed by atoms with Crippen molar-refractivity contribution in [3.63, 3.8) is 0 Å². The van der Waals surface area contributed by atoms with Crippen LogP contribution in [0, 0.1) is 11.2 Å². The first kappa shape index (κ1) is 22.8. The molecule has 0 saturated carbocycles. The van der Waals surface area contributed by atoms with Crippen LogP contribution in [0.5, 0.6) is 0 Å². The van der Waals surface area contributed by atoms with Crippen molar-refractivity contribution in [3.05, 3.63) is 53.5 Å². The van der Waals surface area contributed by atoms with E-state index in [1.807, 2.05) is 12.1 Å². The summed E-state index contributed by atoms with van der Waals surface area (Å²) < 4.78 is 27.6. The summed E-state index contributed by atoms with van der Waals surface area (Å²) in [4.78, 5) is 25.3. The number of benzene rings is 2. The molecule has 8 heteroatoms. The largest absolute Gasteiger partial charge is 0.382 e. The van der Waals surface area contributed by atoms with Crippen molar-refractivity contribution in [2.24, 2.45) is 11.1 Å². The van der Waals surface area contributed by atoms with E-state index in [0.717, 1.165) is 35.0 Å². The van der Waals surface area contributed by atoms with Gasteiger partial charge in [-0.2, -0.15) is 0 Å². The van der Waals surface area contributed by atoms with Gasteiger partial charge in [0.25, 0.3) is 5.91 Å². The lowest BCUT2D eigenvalue weighted by Crippen LogP contribution is -2.31. The zero-order valence-corrected chi connectivity index (χ0v) is 20.1. The van der Waals surface area contributed by atoms with Crippen molar-refractivity contribution in [1.82, 2.24) is 4.57 Å². The maximum Gasteiger partial charge on any atom is 0.250 e. The fourth-order valence-corrected chi connectivity index (χ4v) is 6.58. The third-order valence-electron chi connectivity index (χ3n) is 6.87. The molecule has 1 fully saturated rings. The minimum absolute atomic E-state index is 0.0459. The average Bonchev–Trinajstić information content (AvgIpc) is 3.07. The van der Waals surface area contributed by atoms with Crippen molar-refractivity contribution in [2.75, 3.05) is 16.8 Å². The van der Waals surface area contributed by atoms with Crippen LogP contribution in [0.25, 0.3) is 22.0 Å². The Bertz CT molecular complexity index is 1350. The Kier molecular flexibility index (Phi) is 5.59. The summed E-state index contributed by atoms with van der Waals surface area (Å²) in [6, 6.07) is 10.1. The number of nitrogens with two attached hydrogens (primary N) is 1. The summed E-state index contributed by atoms with van der Waals surface area (Å²) in [6.07, 6.45) is 2.55. The predicted molar refractivity (Wildman–Crippen MR) is 133 cm³/mol. The highest BCUT2D eigenvalue weighted by atomic mass is 32.2. The van der Waals surface area contributed by atoms with Crippen LogP contribution in [0.3, 0.4) is 0 Å². The highest BCUT2D eigenvalue weighted by molar-refractivity contribution is 7.85. The fraction of sp³-hybridized carbons (Fsp3) is 0.385. The Balaban J connectivity index is 1.67. The summed E-state index contributed by atoms with van der Waals surface area (Å²) in [7, 11) is -0.789. The van der Waals surface area contributed by atoms with Gasteiger partial charge < -0.3 is 11.1 Å². The maximum absolute atomic E-state index is 14.2. The Morgan fingerprint density at radius 3 is 2.59 bits per heavy atom. The number of hydrogen-bond acceptors (Lipinski definition) is 4. The molecular formula is C26H28FN3O3S. The van der Waals surface area contributed by atoms with Gasteiger partial charge in [-0.25, -0.2) is 4.39 Å². The number of carbonyl (C=O) groups excluding carboxylic acids is 2. The van der Waals surface area contributed by atoms with Gasteiger partial charge in [-0.05, 0) is 60.6 Å². The Morgan fingerprint density at radius 2 is 1.88 bits per heavy atom. The Labute approximate surface area is 200 Å². The number of primary amides is 1. The van der Waals surface area contributed by atoms with Crippen LogP contribution in [0.1, 0.15) is 54.0 Å². The number of halogens is 1. The molecule has 2 aromatic carbocycles. The third kappa shape index (κ3) is 4.04. The second-order valence-corrected chi connectivity index (χ2v) is 11.8. The van der Waals surface area contributed by atoms with Crippen molar-refractivity contribution in [3.8, 4) is 11.1 Å². The van der Waals surface area contributed by atoms with Crippen LogP contribution in [-0.2, 0) is 17.2 Å². The van der Waals surface area contributed by atoms with Crippen molar-refractivity contribution < 1.29 is 18.2 Å². The number of nitrogens with zero attached hydrogens (tertiary/aromatic N) is 1. The van der Waals surface area contributed by atoms with Crippen molar-refractivity contribution in [1.29, 1.82) is 0 Å². The van der Waals surface area contributed by atoms with Crippen LogP contribution < -0.4 is 11.1 Å². The third-order valence-corrected chi connectivity index (χ3v) is 8.26. The molecule has 0 spiro atoms. The zero-order chi connectivity index (χ0) is 24.2. The number of aromatic nitrogens is 1. The fourth-order valence-electron chi connectivity index (χ4n) is 5.28. The van der Waals surface area contributed by atoms with Crippen molar-refractivity contribution in [2.45, 2.75) is 45.6 Å². The number of amides is 1. The molecular weight excluding hydrogens is 453 g/mol. The molecule has 6 nitrogen and oxygen atoms in total. The molecule has 3 heterocycles. The van der Waals surface area contributed by atoms with Gasteiger partial charge in [-0.1, -0.05) is 19.9 Å². The molecule has 1 aromatic heterocycles. The van der Waals surface area contributed by atoms with E-state index in [0.29, 0.717) is 41.1 Å². The summed E-state index contributed by atoms with van der Waals surface area (Å²) in [5.41, 5.74) is 9.58. The van der Waals surface area contributed by atoms with E-state index in [2.05, 4.69) is 19.2 Å². The second kappa shape index (κ2) is 8.34. The lowest BCUT2D eigenvalue weighted by atomic mass is 9.80. The van der Waals surface area contributed by atoms with Gasteiger partial charge in [-0.15, -0.1) is 0 Å². The molecule has 0 unspecified atom stereocenters. The number of carbonyl (C=O) groups is 2. The topological polar surface area (TPSA) is 94.2 Å². The molecule has 0 radical (unpaired) electrons. The molecule has 2 aliphatic rings. The van der Waals surface area contributed by atoms with Gasteiger partial charge in [0, 0.05) is 57.1 Å². The van der Waals surface area contributed by atoms with E-state index < -0.39 is 22.5 Å². The molecule has 1 amide bonds. The highest BCUT2D eigenvalue weighted by Crippen LogP contribution is 2.43. The summed E-state index contributed by atoms with van der Waals surface area (Å²) in [5, 5.41) is 4.25. The van der Waals surface area contributed by atoms with Crippen LogP contribution in [0.2, 0.25) is 0 Å². The number of hydrogen-bond donors (Lipinski definition) is 2. The van der Waals surface area contributed by atoms with E-state index in [4.69, 9.17) is 5.73 Å². The van der Waals surface area contributed by atoms with Gasteiger partial charge in [-0.3, -0.25) is 18.4 Å². The molecule has 0 aliphatic carbocycles. The molecule has 3 N–H and O–H groups in total. The number of anilines is 1. The number of nitrogens with one attached hydrogen (secondary N) is 1. The van der Waals surface area contributed by atoms with E-state index in [1.165, 1.54) is 12.1 Å². The smallest absolute Gasteiger partial charge is 0.250 e. The predicted octanol–water partition coefficient (Wildman–Crippen LogP) is 4.48. The summed E-state index contributed by atoms with van der Waals surface area (Å²) >= 11 is 0. The second-order valence-electron chi connectivity index (χ2n) is 10.1. The van der Waals surface area contributed by atoms with Gasteiger partial charge >= 0.3 is 0 Å². The summed E-state index contributed by atoms with van der Waals surface area (Å²) in [6.45, 7) is 4.12. The lowest BCUT2D eigenvalue weighted by molar-refractivity contribution is 0.0816. The number of fused-ring (bicyclic) bond motifs is 3. The Morgan fingerprint density at radius 1 is 1.15 bits per heavy atom. The van der Waals surface area contributed by atoms with E-state index in [1.54, 1.807) is 16.7 Å². The quantitative estimate of drug-likeness (QED) is 0.574. The van der Waals surface area contributed by atoms with Gasteiger partial charge in [0.15, 0.2) is 0 Å². The number of rotatable bonds is 4. The normalized spacial score (nSPS) is 21.9. The van der Waals surface area contributed by atoms with E-state index in [9.17, 15) is 18.2 Å². The SMILES string of the molecule is CC1(C)CC(=O)n2c(c(-c3ccc(C(N)=O)c(NC4CCS(=O)CC4)c3)c3ccc(F)cc32)C1. The molecule has 1 saturated heterocycles. The van der Waals surface area contributed by atoms with Crippen LogP contribution in [0.15, 0.2) is 36.4 Å². The van der Waals surface area contributed by atoms with Gasteiger partial charge in [0.05, 0.1) is 11.1 Å². The Hall–Kier alpha value is -3.00. The molecule has 3 aromatic rings. The first-order valence-electron chi connectivity index (χ1n) is 11.5. The van der Waals surface area contributed by atoms with Crippen LogP contribution in [-0.4, -0.2) is 38.1 Å². The molecule has 0 bridgehead atoms. The first-order valence-corrected chi connectivity index (χ1v) is 13.0. The van der Waals surface area contributed by atoms with Gasteiger partial charge in [0.1, 0.15) is 5.82 Å². The van der Waals surface area contributed by atoms with E-state index >= 15 is 0 Å². The molecule has 0 atom stereocenters. The van der Waals surface area contributed by atoms with E-state index in [-0.39, 0.29) is 17.4 Å². The minimum Gasteiger partial charge on any atom is -0.382 e. The van der Waals surface area contributed by atoms with Crippen molar-refractivity contribution >= 4 is 39.2 Å². The molecule has 178 valence electrons.